The van der Waals surface area contributed by atoms with Crippen molar-refractivity contribution in [3.63, 3.8) is 0 Å². The third kappa shape index (κ3) is 6.83. The van der Waals surface area contributed by atoms with Crippen LogP contribution in [0.5, 0.6) is 0 Å². The fourth-order valence-corrected chi connectivity index (χ4v) is 0.388. The largest absolute Gasteiger partial charge is 0.516 e. The van der Waals surface area contributed by atoms with Gasteiger partial charge in [0.1, 0.15) is 5.60 Å². The molecule has 0 radical (unpaired) electrons. The number of hydrogen-bond donors (Lipinski definition) is 0. The Bertz CT molecular complexity index is 166. The lowest BCUT2D eigenvalue weighted by molar-refractivity contribution is -0.138. The van der Waals surface area contributed by atoms with Gasteiger partial charge < -0.3 is 9.47 Å². The highest BCUT2D eigenvalue weighted by atomic mass is 16.7. The monoisotopic (exact) mass is 160 g/mol. The summed E-state index contributed by atoms with van der Waals surface area (Å²) in [6, 6.07) is 0. The Kier molecular flexibility index (Phi) is 3.04. The molecule has 0 unspecified atom stereocenters. The summed E-state index contributed by atoms with van der Waals surface area (Å²) in [5, 5.41) is 0. The fourth-order valence-electron chi connectivity index (χ4n) is 0.388. The van der Waals surface area contributed by atoms with E-state index >= 15 is 0 Å². The molecule has 0 atom stereocenters. The highest BCUT2D eigenvalue weighted by Gasteiger charge is 2.18. The molecular formula is C7H12O4. The Labute approximate surface area is 65.5 Å². The maximum Gasteiger partial charge on any atom is 0.516 e. The summed E-state index contributed by atoms with van der Waals surface area (Å²) in [4.78, 5) is 20.8. The van der Waals surface area contributed by atoms with Crippen LogP contribution in [-0.2, 0) is 14.3 Å². The molecule has 4 heteroatoms. The number of ether oxygens (including phenoxy) is 2. The standard InChI is InChI=1S/C7H12O4/c1-5(8)10-6(9)11-7(2,3)4/h1-4H3. The third-order valence-electron chi connectivity index (χ3n) is 0.617. The van der Waals surface area contributed by atoms with Gasteiger partial charge in [-0.05, 0) is 20.8 Å². The van der Waals surface area contributed by atoms with Crippen molar-refractivity contribution in [2.24, 2.45) is 0 Å². The third-order valence-corrected chi connectivity index (χ3v) is 0.617. The average Bonchev–Trinajstić information content (AvgIpc) is 1.53. The van der Waals surface area contributed by atoms with Crippen molar-refractivity contribution in [1.29, 1.82) is 0 Å². The second-order valence-electron chi connectivity index (χ2n) is 3.06. The van der Waals surface area contributed by atoms with Gasteiger partial charge in [0, 0.05) is 6.92 Å². The Hall–Kier alpha value is -1.06. The molecule has 0 spiro atoms. The van der Waals surface area contributed by atoms with Gasteiger partial charge in [-0.3, -0.25) is 4.79 Å². The molecule has 0 saturated heterocycles. The lowest BCUT2D eigenvalue weighted by Gasteiger charge is -2.17. The predicted molar refractivity (Wildman–Crippen MR) is 38.0 cm³/mol. The maximum atomic E-state index is 10.6. The highest BCUT2D eigenvalue weighted by molar-refractivity contribution is 5.80. The summed E-state index contributed by atoms with van der Waals surface area (Å²) in [5.41, 5.74) is -0.619. The molecule has 0 aliphatic heterocycles. The number of carbonyl (C=O) groups is 2. The van der Waals surface area contributed by atoms with Crippen LogP contribution < -0.4 is 0 Å². The van der Waals surface area contributed by atoms with Gasteiger partial charge in [-0.15, -0.1) is 0 Å². The molecule has 0 fully saturated rings. The molecule has 4 nitrogen and oxygen atoms in total. The maximum absolute atomic E-state index is 10.6. The zero-order valence-electron chi connectivity index (χ0n) is 7.13. The first-order valence-corrected chi connectivity index (χ1v) is 3.22. The van der Waals surface area contributed by atoms with E-state index in [9.17, 15) is 9.59 Å². The van der Waals surface area contributed by atoms with Crippen LogP contribution in [0.2, 0.25) is 0 Å². The minimum absolute atomic E-state index is 0.619. The topological polar surface area (TPSA) is 52.6 Å². The Morgan fingerprint density at radius 2 is 1.64 bits per heavy atom. The molecule has 0 saturated carbocycles. The van der Waals surface area contributed by atoms with Crippen molar-refractivity contribution >= 4 is 12.1 Å². The normalized spacial score (nSPS) is 10.5. The Balaban J connectivity index is 3.80. The summed E-state index contributed by atoms with van der Waals surface area (Å²) in [6.07, 6.45) is -0.954. The van der Waals surface area contributed by atoms with Crippen LogP contribution in [0.1, 0.15) is 27.7 Å². The molecular weight excluding hydrogens is 148 g/mol. The first-order chi connectivity index (χ1) is 4.81. The van der Waals surface area contributed by atoms with Gasteiger partial charge in [0.05, 0.1) is 0 Å². The van der Waals surface area contributed by atoms with Gasteiger partial charge in [-0.1, -0.05) is 0 Å². The first kappa shape index (κ1) is 9.94. The summed E-state index contributed by atoms with van der Waals surface area (Å²) >= 11 is 0. The molecule has 0 aromatic heterocycles. The lowest BCUT2D eigenvalue weighted by atomic mass is 10.2. The predicted octanol–water partition coefficient (Wildman–Crippen LogP) is 1.48. The second kappa shape index (κ2) is 3.37. The van der Waals surface area contributed by atoms with Gasteiger partial charge in [-0.2, -0.15) is 0 Å². The molecule has 0 amide bonds. The van der Waals surface area contributed by atoms with Crippen LogP contribution >= 0.6 is 0 Å². The van der Waals surface area contributed by atoms with Crippen molar-refractivity contribution in [2.75, 3.05) is 0 Å². The minimum Gasteiger partial charge on any atom is -0.428 e. The van der Waals surface area contributed by atoms with Crippen LogP contribution in [-0.4, -0.2) is 17.7 Å². The minimum atomic E-state index is -0.954. The molecule has 11 heavy (non-hydrogen) atoms. The van der Waals surface area contributed by atoms with Crippen LogP contribution in [0.3, 0.4) is 0 Å². The Morgan fingerprint density at radius 1 is 1.18 bits per heavy atom. The Morgan fingerprint density at radius 3 is 1.91 bits per heavy atom. The summed E-state index contributed by atoms with van der Waals surface area (Å²) in [5.74, 6) is -0.667. The summed E-state index contributed by atoms with van der Waals surface area (Å²) in [6.45, 7) is 6.21. The number of hydrogen-bond acceptors (Lipinski definition) is 4. The summed E-state index contributed by atoms with van der Waals surface area (Å²) < 4.78 is 8.79. The van der Waals surface area contributed by atoms with E-state index in [2.05, 4.69) is 9.47 Å². The average molecular weight is 160 g/mol. The van der Waals surface area contributed by atoms with E-state index in [0.717, 1.165) is 6.92 Å². The molecule has 0 aliphatic rings. The molecule has 0 heterocycles. The van der Waals surface area contributed by atoms with Crippen molar-refractivity contribution in [3.8, 4) is 0 Å². The summed E-state index contributed by atoms with van der Waals surface area (Å²) in [7, 11) is 0. The quantitative estimate of drug-likeness (QED) is 0.398. The van der Waals surface area contributed by atoms with Crippen LogP contribution in [0, 0.1) is 0 Å². The second-order valence-corrected chi connectivity index (χ2v) is 3.06. The van der Waals surface area contributed by atoms with Crippen molar-refractivity contribution in [2.45, 2.75) is 33.3 Å². The molecule has 0 rings (SSSR count). The van der Waals surface area contributed by atoms with Crippen molar-refractivity contribution in [1.82, 2.24) is 0 Å². The highest BCUT2D eigenvalue weighted by Crippen LogP contribution is 2.07. The van der Waals surface area contributed by atoms with Gasteiger partial charge in [-0.25, -0.2) is 4.79 Å². The van der Waals surface area contributed by atoms with E-state index in [1.54, 1.807) is 20.8 Å². The van der Waals surface area contributed by atoms with E-state index in [1.807, 2.05) is 0 Å². The molecule has 0 aromatic carbocycles. The first-order valence-electron chi connectivity index (χ1n) is 3.22. The molecule has 64 valence electrons. The van der Waals surface area contributed by atoms with Gasteiger partial charge in [0.15, 0.2) is 0 Å². The van der Waals surface area contributed by atoms with E-state index in [0.29, 0.717) is 0 Å². The lowest BCUT2D eigenvalue weighted by Crippen LogP contribution is -2.25. The molecule has 0 N–H and O–H groups in total. The van der Waals surface area contributed by atoms with Gasteiger partial charge >= 0.3 is 12.1 Å². The van der Waals surface area contributed by atoms with Crippen molar-refractivity contribution in [3.05, 3.63) is 0 Å². The van der Waals surface area contributed by atoms with E-state index < -0.39 is 17.7 Å². The van der Waals surface area contributed by atoms with Gasteiger partial charge in [0.2, 0.25) is 0 Å². The van der Waals surface area contributed by atoms with E-state index in [4.69, 9.17) is 0 Å². The zero-order valence-corrected chi connectivity index (χ0v) is 7.13. The zero-order chi connectivity index (χ0) is 9.07. The SMILES string of the molecule is CC(=O)OC(=O)OC(C)(C)C. The number of rotatable bonds is 0. The molecule has 0 bridgehead atoms. The van der Waals surface area contributed by atoms with Crippen LogP contribution in [0.15, 0.2) is 0 Å². The van der Waals surface area contributed by atoms with E-state index in [1.165, 1.54) is 0 Å². The van der Waals surface area contributed by atoms with Crippen LogP contribution in [0.25, 0.3) is 0 Å². The molecule has 0 aromatic rings. The molecule has 0 aliphatic carbocycles. The van der Waals surface area contributed by atoms with Crippen LogP contribution in [0.4, 0.5) is 4.79 Å². The van der Waals surface area contributed by atoms with Crippen molar-refractivity contribution < 1.29 is 19.1 Å². The van der Waals surface area contributed by atoms with E-state index in [-0.39, 0.29) is 0 Å². The smallest absolute Gasteiger partial charge is 0.428 e. The number of carbonyl (C=O) groups excluding carboxylic acids is 2. The van der Waals surface area contributed by atoms with Gasteiger partial charge in [0.25, 0.3) is 0 Å². The number of esters is 1. The fraction of sp³-hybridized carbons (Fsp3) is 0.714.